The van der Waals surface area contributed by atoms with Gasteiger partial charge < -0.3 is 9.64 Å². The molecule has 0 saturated carbocycles. The maximum Gasteiger partial charge on any atom is 0.128 e. The Kier molecular flexibility index (Phi) is 4.24. The molecule has 4 heteroatoms. The predicted molar refractivity (Wildman–Crippen MR) is 70.7 cm³/mol. The van der Waals surface area contributed by atoms with Gasteiger partial charge in [0.2, 0.25) is 0 Å². The van der Waals surface area contributed by atoms with E-state index in [9.17, 15) is 0 Å². The van der Waals surface area contributed by atoms with Crippen molar-refractivity contribution in [1.82, 2.24) is 4.98 Å². The lowest BCUT2D eigenvalue weighted by Gasteiger charge is -2.18. The Bertz CT molecular complexity index is 384. The van der Waals surface area contributed by atoms with Gasteiger partial charge in [-0.05, 0) is 25.0 Å². The summed E-state index contributed by atoms with van der Waals surface area (Å²) in [6.07, 6.45) is 1.19. The molecule has 1 unspecified atom stereocenters. The molecule has 2 rings (SSSR count). The summed E-state index contributed by atoms with van der Waals surface area (Å²) < 4.78 is 5.21. The molecule has 0 radical (unpaired) electrons. The van der Waals surface area contributed by atoms with Crippen LogP contribution >= 0.6 is 11.6 Å². The summed E-state index contributed by atoms with van der Waals surface area (Å²) in [4.78, 5) is 6.95. The number of halogens is 1. The molecule has 1 aliphatic heterocycles. The quantitative estimate of drug-likeness (QED) is 0.773. The monoisotopic (exact) mass is 254 g/mol. The Morgan fingerprint density at radius 2 is 2.35 bits per heavy atom. The molecule has 1 fully saturated rings. The normalized spacial score (nSPS) is 19.9. The van der Waals surface area contributed by atoms with E-state index in [-0.39, 0.29) is 0 Å². The molecule has 94 valence electrons. The fourth-order valence-electron chi connectivity index (χ4n) is 2.31. The number of rotatable bonds is 4. The molecule has 1 aromatic heterocycles. The fraction of sp³-hybridized carbons (Fsp3) is 0.615. The number of methoxy groups -OCH3 is 1. The molecule has 0 aliphatic carbocycles. The third kappa shape index (κ3) is 2.90. The van der Waals surface area contributed by atoms with Crippen LogP contribution in [0, 0.1) is 12.8 Å². The van der Waals surface area contributed by atoms with Gasteiger partial charge in [0.1, 0.15) is 5.82 Å². The molecule has 0 spiro atoms. The minimum absolute atomic E-state index is 0.533. The third-order valence-corrected chi connectivity index (χ3v) is 3.62. The second-order valence-corrected chi connectivity index (χ2v) is 4.87. The van der Waals surface area contributed by atoms with Crippen LogP contribution in [0.15, 0.2) is 12.1 Å². The van der Waals surface area contributed by atoms with Crippen LogP contribution in [0.3, 0.4) is 0 Å². The summed E-state index contributed by atoms with van der Waals surface area (Å²) in [6, 6.07) is 4.15. The topological polar surface area (TPSA) is 25.4 Å². The SMILES string of the molecule is COCC1CCN(c2ccc(CCl)c(C)n2)C1. The van der Waals surface area contributed by atoms with Gasteiger partial charge in [0.05, 0.1) is 6.61 Å². The van der Waals surface area contributed by atoms with Crippen molar-refractivity contribution < 1.29 is 4.74 Å². The third-order valence-electron chi connectivity index (χ3n) is 3.34. The lowest BCUT2D eigenvalue weighted by Crippen LogP contribution is -2.22. The molecule has 0 N–H and O–H groups in total. The highest BCUT2D eigenvalue weighted by Crippen LogP contribution is 2.23. The molecule has 0 bridgehead atoms. The van der Waals surface area contributed by atoms with Crippen LogP contribution in [0.4, 0.5) is 5.82 Å². The maximum atomic E-state index is 5.84. The van der Waals surface area contributed by atoms with E-state index in [2.05, 4.69) is 22.0 Å². The Morgan fingerprint density at radius 1 is 1.53 bits per heavy atom. The molecule has 0 amide bonds. The molecule has 3 nitrogen and oxygen atoms in total. The Morgan fingerprint density at radius 3 is 3.00 bits per heavy atom. The summed E-state index contributed by atoms with van der Waals surface area (Å²) in [5.41, 5.74) is 2.15. The number of nitrogens with zero attached hydrogens (tertiary/aromatic N) is 2. The standard InChI is InChI=1S/C13H19ClN2O/c1-10-12(7-14)3-4-13(15-10)16-6-5-11(8-16)9-17-2/h3-4,11H,5-9H2,1-2H3. The first-order chi connectivity index (χ1) is 8.24. The molecule has 1 aromatic rings. The van der Waals surface area contributed by atoms with E-state index in [1.165, 1.54) is 6.42 Å². The number of hydrogen-bond donors (Lipinski definition) is 0. The predicted octanol–water partition coefficient (Wildman–Crippen LogP) is 2.60. The molecule has 2 heterocycles. The minimum atomic E-state index is 0.533. The number of ether oxygens (including phenoxy) is 1. The van der Waals surface area contributed by atoms with Gasteiger partial charge in [-0.25, -0.2) is 4.98 Å². The van der Waals surface area contributed by atoms with Crippen LogP contribution in [-0.2, 0) is 10.6 Å². The highest BCUT2D eigenvalue weighted by Gasteiger charge is 2.23. The Hall–Kier alpha value is -0.800. The van der Waals surface area contributed by atoms with Crippen LogP contribution < -0.4 is 4.90 Å². The Balaban J connectivity index is 2.06. The molecule has 0 aromatic carbocycles. The van der Waals surface area contributed by atoms with Gasteiger partial charge in [0.25, 0.3) is 0 Å². The smallest absolute Gasteiger partial charge is 0.128 e. The van der Waals surface area contributed by atoms with Crippen molar-refractivity contribution in [2.24, 2.45) is 5.92 Å². The van der Waals surface area contributed by atoms with Crippen molar-refractivity contribution in [1.29, 1.82) is 0 Å². The second-order valence-electron chi connectivity index (χ2n) is 4.60. The first-order valence-electron chi connectivity index (χ1n) is 6.01. The number of hydrogen-bond acceptors (Lipinski definition) is 3. The van der Waals surface area contributed by atoms with Crippen LogP contribution in [0.5, 0.6) is 0 Å². The van der Waals surface area contributed by atoms with Crippen molar-refractivity contribution in [3.63, 3.8) is 0 Å². The van der Waals surface area contributed by atoms with Crippen LogP contribution in [-0.4, -0.2) is 31.8 Å². The van der Waals surface area contributed by atoms with Gasteiger partial charge in [-0.15, -0.1) is 11.6 Å². The zero-order valence-corrected chi connectivity index (χ0v) is 11.2. The largest absolute Gasteiger partial charge is 0.384 e. The van der Waals surface area contributed by atoms with Crippen molar-refractivity contribution in [3.05, 3.63) is 23.4 Å². The molecule has 17 heavy (non-hydrogen) atoms. The maximum absolute atomic E-state index is 5.84. The van der Waals surface area contributed by atoms with Crippen molar-refractivity contribution >= 4 is 17.4 Å². The average molecular weight is 255 g/mol. The minimum Gasteiger partial charge on any atom is -0.384 e. The van der Waals surface area contributed by atoms with Crippen molar-refractivity contribution in [2.75, 3.05) is 31.7 Å². The number of aryl methyl sites for hydroxylation is 1. The molecular formula is C13H19ClN2O. The van der Waals surface area contributed by atoms with E-state index in [0.717, 1.165) is 36.8 Å². The summed E-state index contributed by atoms with van der Waals surface area (Å²) in [5, 5.41) is 0. The summed E-state index contributed by atoms with van der Waals surface area (Å²) in [6.45, 7) is 4.97. The van der Waals surface area contributed by atoms with Crippen molar-refractivity contribution in [2.45, 2.75) is 19.2 Å². The summed E-state index contributed by atoms with van der Waals surface area (Å²) >= 11 is 5.84. The zero-order valence-electron chi connectivity index (χ0n) is 10.4. The van der Waals surface area contributed by atoms with E-state index >= 15 is 0 Å². The van der Waals surface area contributed by atoms with E-state index < -0.39 is 0 Å². The fourth-order valence-corrected chi connectivity index (χ4v) is 2.59. The first kappa shape index (κ1) is 12.7. The zero-order chi connectivity index (χ0) is 12.3. The molecule has 1 atom stereocenters. The average Bonchev–Trinajstić information content (AvgIpc) is 2.78. The van der Waals surface area contributed by atoms with Gasteiger partial charge in [-0.1, -0.05) is 6.07 Å². The van der Waals surface area contributed by atoms with E-state index in [4.69, 9.17) is 16.3 Å². The van der Waals surface area contributed by atoms with Crippen LogP contribution in [0.1, 0.15) is 17.7 Å². The summed E-state index contributed by atoms with van der Waals surface area (Å²) in [5.74, 6) is 2.23. The first-order valence-corrected chi connectivity index (χ1v) is 6.54. The highest BCUT2D eigenvalue weighted by atomic mass is 35.5. The number of anilines is 1. The van der Waals surface area contributed by atoms with E-state index in [1.54, 1.807) is 7.11 Å². The van der Waals surface area contributed by atoms with Gasteiger partial charge in [0.15, 0.2) is 0 Å². The number of alkyl halides is 1. The van der Waals surface area contributed by atoms with Gasteiger partial charge >= 0.3 is 0 Å². The van der Waals surface area contributed by atoms with Crippen LogP contribution in [0.2, 0.25) is 0 Å². The molecular weight excluding hydrogens is 236 g/mol. The summed E-state index contributed by atoms with van der Waals surface area (Å²) in [7, 11) is 1.76. The van der Waals surface area contributed by atoms with Gasteiger partial charge in [0, 0.05) is 37.7 Å². The second kappa shape index (κ2) is 5.69. The molecule has 1 aliphatic rings. The Labute approximate surface area is 108 Å². The van der Waals surface area contributed by atoms with E-state index in [1.807, 2.05) is 6.92 Å². The highest BCUT2D eigenvalue weighted by molar-refractivity contribution is 6.17. The number of pyridine rings is 1. The van der Waals surface area contributed by atoms with Gasteiger partial charge in [-0.2, -0.15) is 0 Å². The lowest BCUT2D eigenvalue weighted by molar-refractivity contribution is 0.161. The molecule has 1 saturated heterocycles. The van der Waals surface area contributed by atoms with Gasteiger partial charge in [-0.3, -0.25) is 0 Å². The lowest BCUT2D eigenvalue weighted by atomic mass is 10.1. The van der Waals surface area contributed by atoms with Crippen molar-refractivity contribution in [3.8, 4) is 0 Å². The van der Waals surface area contributed by atoms with Crippen LogP contribution in [0.25, 0.3) is 0 Å². The van der Waals surface area contributed by atoms with E-state index in [0.29, 0.717) is 11.8 Å². The number of aromatic nitrogens is 1.